The first kappa shape index (κ1) is 24.8. The molecule has 1 saturated heterocycles. The summed E-state index contributed by atoms with van der Waals surface area (Å²) >= 11 is 0. The van der Waals surface area contributed by atoms with E-state index in [4.69, 9.17) is 9.47 Å². The zero-order valence-corrected chi connectivity index (χ0v) is 21.0. The molecule has 1 aliphatic carbocycles. The molecule has 3 amide bonds. The topological polar surface area (TPSA) is 76.2 Å². The molecule has 1 heterocycles. The predicted octanol–water partition coefficient (Wildman–Crippen LogP) is 4.93. The monoisotopic (exact) mass is 478 g/mol. The molecule has 2 aliphatic rings. The van der Waals surface area contributed by atoms with E-state index in [-0.39, 0.29) is 30.2 Å². The molecule has 7 heteroatoms. The average Bonchev–Trinajstić information content (AvgIpc) is 3.17. The van der Waals surface area contributed by atoms with Crippen LogP contribution in [0, 0.1) is 0 Å². The molecule has 1 atom stereocenters. The third-order valence-corrected chi connectivity index (χ3v) is 7.11. The van der Waals surface area contributed by atoms with Gasteiger partial charge in [0.1, 0.15) is 6.04 Å². The molecule has 186 valence electrons. The van der Waals surface area contributed by atoms with Gasteiger partial charge in [0.25, 0.3) is 11.8 Å². The molecule has 4 rings (SSSR count). The highest BCUT2D eigenvalue weighted by molar-refractivity contribution is 6.23. The minimum absolute atomic E-state index is 0.0136. The van der Waals surface area contributed by atoms with Crippen molar-refractivity contribution in [1.29, 1.82) is 0 Å². The van der Waals surface area contributed by atoms with Crippen LogP contribution < -0.4 is 14.4 Å². The fourth-order valence-corrected chi connectivity index (χ4v) is 5.15. The SMILES string of the molecule is COc1ccc(C(=O)N(C2CCCCC2)C2CC(=O)N(c3ccc(C(C)C)cc3)C2=O)cc1OC. The van der Waals surface area contributed by atoms with Crippen LogP contribution in [0.4, 0.5) is 5.69 Å². The van der Waals surface area contributed by atoms with E-state index < -0.39 is 6.04 Å². The van der Waals surface area contributed by atoms with Crippen molar-refractivity contribution in [2.24, 2.45) is 0 Å². The quantitative estimate of drug-likeness (QED) is 0.527. The smallest absolute Gasteiger partial charge is 0.257 e. The first-order valence-electron chi connectivity index (χ1n) is 12.4. The zero-order chi connectivity index (χ0) is 25.1. The number of hydrogen-bond donors (Lipinski definition) is 0. The highest BCUT2D eigenvalue weighted by Crippen LogP contribution is 2.34. The fourth-order valence-electron chi connectivity index (χ4n) is 5.15. The van der Waals surface area contributed by atoms with Crippen LogP contribution in [-0.4, -0.2) is 48.9 Å². The summed E-state index contributed by atoms with van der Waals surface area (Å²) in [7, 11) is 3.06. The van der Waals surface area contributed by atoms with Gasteiger partial charge >= 0.3 is 0 Å². The third kappa shape index (κ3) is 4.90. The number of rotatable bonds is 7. The molecule has 35 heavy (non-hydrogen) atoms. The molecule has 0 bridgehead atoms. The van der Waals surface area contributed by atoms with Crippen LogP contribution in [0.5, 0.6) is 11.5 Å². The third-order valence-electron chi connectivity index (χ3n) is 7.11. The lowest BCUT2D eigenvalue weighted by Gasteiger charge is -2.37. The van der Waals surface area contributed by atoms with Gasteiger partial charge in [-0.1, -0.05) is 45.2 Å². The van der Waals surface area contributed by atoms with Crippen LogP contribution in [-0.2, 0) is 9.59 Å². The van der Waals surface area contributed by atoms with E-state index >= 15 is 0 Å². The number of carbonyl (C=O) groups is 3. The maximum absolute atomic E-state index is 13.9. The second kappa shape index (κ2) is 10.5. The number of ether oxygens (including phenoxy) is 2. The molecule has 0 radical (unpaired) electrons. The van der Waals surface area contributed by atoms with Gasteiger partial charge in [-0.25, -0.2) is 4.90 Å². The Labute approximate surface area is 207 Å². The molecule has 2 aromatic carbocycles. The van der Waals surface area contributed by atoms with E-state index in [0.717, 1.165) is 37.7 Å². The van der Waals surface area contributed by atoms with Crippen LogP contribution in [0.2, 0.25) is 0 Å². The highest BCUT2D eigenvalue weighted by Gasteiger charge is 2.46. The molecule has 2 aromatic rings. The Morgan fingerprint density at radius 1 is 0.943 bits per heavy atom. The number of carbonyl (C=O) groups excluding carboxylic acids is 3. The van der Waals surface area contributed by atoms with Crippen molar-refractivity contribution in [3.63, 3.8) is 0 Å². The van der Waals surface area contributed by atoms with Gasteiger partial charge in [0.15, 0.2) is 11.5 Å². The summed E-state index contributed by atoms with van der Waals surface area (Å²) in [5, 5.41) is 0. The molecule has 0 spiro atoms. The summed E-state index contributed by atoms with van der Waals surface area (Å²) in [5.74, 6) is 0.438. The zero-order valence-electron chi connectivity index (χ0n) is 21.0. The molecule has 1 aliphatic heterocycles. The van der Waals surface area contributed by atoms with Crippen molar-refractivity contribution in [2.45, 2.75) is 70.4 Å². The molecule has 2 fully saturated rings. The van der Waals surface area contributed by atoms with Crippen molar-refractivity contribution in [3.8, 4) is 11.5 Å². The Balaban J connectivity index is 1.67. The lowest BCUT2D eigenvalue weighted by atomic mass is 9.92. The first-order chi connectivity index (χ1) is 16.8. The number of hydrogen-bond acceptors (Lipinski definition) is 5. The van der Waals surface area contributed by atoms with Crippen LogP contribution in [0.25, 0.3) is 0 Å². The molecule has 0 aromatic heterocycles. The number of methoxy groups -OCH3 is 2. The number of benzene rings is 2. The largest absolute Gasteiger partial charge is 0.493 e. The Bertz CT molecular complexity index is 1090. The molecule has 1 saturated carbocycles. The fraction of sp³-hybridized carbons (Fsp3) is 0.464. The van der Waals surface area contributed by atoms with E-state index in [1.807, 2.05) is 24.3 Å². The van der Waals surface area contributed by atoms with Gasteiger partial charge in [-0.15, -0.1) is 0 Å². The summed E-state index contributed by atoms with van der Waals surface area (Å²) in [5.41, 5.74) is 2.10. The van der Waals surface area contributed by atoms with Gasteiger partial charge in [-0.2, -0.15) is 0 Å². The van der Waals surface area contributed by atoms with Crippen LogP contribution in [0.1, 0.15) is 74.2 Å². The second-order valence-electron chi connectivity index (χ2n) is 9.61. The second-order valence-corrected chi connectivity index (χ2v) is 9.61. The molecular formula is C28H34N2O5. The van der Waals surface area contributed by atoms with Crippen molar-refractivity contribution < 1.29 is 23.9 Å². The van der Waals surface area contributed by atoms with E-state index in [9.17, 15) is 14.4 Å². The van der Waals surface area contributed by atoms with Gasteiger partial charge in [0.05, 0.1) is 26.3 Å². The van der Waals surface area contributed by atoms with Crippen molar-refractivity contribution >= 4 is 23.4 Å². The number of amides is 3. The maximum Gasteiger partial charge on any atom is 0.257 e. The van der Waals surface area contributed by atoms with Gasteiger partial charge in [0, 0.05) is 11.6 Å². The standard InChI is InChI=1S/C28H34N2O5/c1-18(2)19-10-13-22(14-11-19)30-26(31)17-23(28(30)33)29(21-8-6-5-7-9-21)27(32)20-12-15-24(34-3)25(16-20)35-4/h10-16,18,21,23H,5-9,17H2,1-4H3. The molecule has 0 N–H and O–H groups in total. The van der Waals surface area contributed by atoms with Gasteiger partial charge in [0.2, 0.25) is 5.91 Å². The minimum atomic E-state index is -0.823. The van der Waals surface area contributed by atoms with Crippen LogP contribution in [0.3, 0.4) is 0 Å². The van der Waals surface area contributed by atoms with Crippen molar-refractivity contribution in [3.05, 3.63) is 53.6 Å². The maximum atomic E-state index is 13.9. The summed E-state index contributed by atoms with van der Waals surface area (Å²) in [6.07, 6.45) is 4.73. The Kier molecular flexibility index (Phi) is 7.43. The van der Waals surface area contributed by atoms with Gasteiger partial charge in [-0.3, -0.25) is 14.4 Å². The van der Waals surface area contributed by atoms with E-state index in [0.29, 0.717) is 28.7 Å². The van der Waals surface area contributed by atoms with Gasteiger partial charge < -0.3 is 14.4 Å². The summed E-state index contributed by atoms with van der Waals surface area (Å²) in [6, 6.07) is 11.6. The summed E-state index contributed by atoms with van der Waals surface area (Å²) < 4.78 is 10.7. The lowest BCUT2D eigenvalue weighted by molar-refractivity contribution is -0.123. The molecule has 1 unspecified atom stereocenters. The summed E-state index contributed by atoms with van der Waals surface area (Å²) in [6.45, 7) is 4.19. The van der Waals surface area contributed by atoms with Crippen LogP contribution in [0.15, 0.2) is 42.5 Å². The Morgan fingerprint density at radius 3 is 2.20 bits per heavy atom. The van der Waals surface area contributed by atoms with E-state index in [1.54, 1.807) is 30.2 Å². The number of nitrogens with zero attached hydrogens (tertiary/aromatic N) is 2. The minimum Gasteiger partial charge on any atom is -0.493 e. The predicted molar refractivity (Wildman–Crippen MR) is 134 cm³/mol. The van der Waals surface area contributed by atoms with E-state index in [1.165, 1.54) is 12.0 Å². The lowest BCUT2D eigenvalue weighted by Crippen LogP contribution is -2.51. The first-order valence-corrected chi connectivity index (χ1v) is 12.4. The van der Waals surface area contributed by atoms with Crippen molar-refractivity contribution in [2.75, 3.05) is 19.1 Å². The molecule has 7 nitrogen and oxygen atoms in total. The van der Waals surface area contributed by atoms with Gasteiger partial charge in [-0.05, 0) is 54.7 Å². The number of anilines is 1. The highest BCUT2D eigenvalue weighted by atomic mass is 16.5. The number of imide groups is 1. The summed E-state index contributed by atoms with van der Waals surface area (Å²) in [4.78, 5) is 43.5. The Morgan fingerprint density at radius 2 is 1.60 bits per heavy atom. The molecular weight excluding hydrogens is 444 g/mol. The average molecular weight is 479 g/mol. The van der Waals surface area contributed by atoms with E-state index in [2.05, 4.69) is 13.8 Å². The van der Waals surface area contributed by atoms with Crippen molar-refractivity contribution in [1.82, 2.24) is 4.90 Å². The van der Waals surface area contributed by atoms with Crippen LogP contribution >= 0.6 is 0 Å². The Hall–Kier alpha value is -3.35. The normalized spacial score (nSPS) is 18.8.